The first-order chi connectivity index (χ1) is 15.9. The highest BCUT2D eigenvalue weighted by atomic mass is 32.2. The molecule has 4 aromatic rings. The summed E-state index contributed by atoms with van der Waals surface area (Å²) in [7, 11) is 0. The standard InChI is InChI=1S/C23H22N6O3S/c1-4-13-28-21(32)18-7-5-6-8-19(18)29-22(28)26-27-23(29)33-14(2)20(31)25-17-11-9-16(10-12-17)24-15(3)30/h4-12,14H,1,13H2,2-3H3,(H,24,30)(H,25,31)/t14-/m1/s1. The monoisotopic (exact) mass is 462 g/mol. The lowest BCUT2D eigenvalue weighted by Gasteiger charge is -2.13. The molecule has 2 amide bonds. The molecule has 0 saturated heterocycles. The number of carbonyl (C=O) groups excluding carboxylic acids is 2. The predicted molar refractivity (Wildman–Crippen MR) is 130 cm³/mol. The van der Waals surface area contributed by atoms with Crippen molar-refractivity contribution < 1.29 is 9.59 Å². The Morgan fingerprint density at radius 2 is 1.76 bits per heavy atom. The van der Waals surface area contributed by atoms with E-state index >= 15 is 0 Å². The first-order valence-corrected chi connectivity index (χ1v) is 11.1. The molecule has 33 heavy (non-hydrogen) atoms. The summed E-state index contributed by atoms with van der Waals surface area (Å²) in [5.74, 6) is 0.0124. The number of rotatable bonds is 7. The number of para-hydroxylation sites is 1. The largest absolute Gasteiger partial charge is 0.326 e. The van der Waals surface area contributed by atoms with Gasteiger partial charge in [0.25, 0.3) is 5.56 Å². The van der Waals surface area contributed by atoms with Crippen LogP contribution in [0.2, 0.25) is 0 Å². The summed E-state index contributed by atoms with van der Waals surface area (Å²) in [5, 5.41) is 14.6. The molecule has 1 atom stereocenters. The molecule has 0 spiro atoms. The maximum absolute atomic E-state index is 12.9. The van der Waals surface area contributed by atoms with Crippen molar-refractivity contribution in [3.63, 3.8) is 0 Å². The topological polar surface area (TPSA) is 110 Å². The van der Waals surface area contributed by atoms with E-state index in [9.17, 15) is 14.4 Å². The molecule has 0 unspecified atom stereocenters. The van der Waals surface area contributed by atoms with Gasteiger partial charge in [-0.1, -0.05) is 30.0 Å². The van der Waals surface area contributed by atoms with Crippen LogP contribution in [0.4, 0.5) is 11.4 Å². The molecule has 2 heterocycles. The van der Waals surface area contributed by atoms with Gasteiger partial charge in [0.15, 0.2) is 5.16 Å². The highest BCUT2D eigenvalue weighted by Crippen LogP contribution is 2.26. The smallest absolute Gasteiger partial charge is 0.263 e. The van der Waals surface area contributed by atoms with Crippen LogP contribution in [0.15, 0.2) is 71.1 Å². The van der Waals surface area contributed by atoms with E-state index in [-0.39, 0.29) is 17.4 Å². The lowest BCUT2D eigenvalue weighted by atomic mass is 10.2. The van der Waals surface area contributed by atoms with Crippen molar-refractivity contribution in [3.05, 3.63) is 71.5 Å². The third-order valence-electron chi connectivity index (χ3n) is 4.91. The quantitative estimate of drug-likeness (QED) is 0.322. The summed E-state index contributed by atoms with van der Waals surface area (Å²) in [6, 6.07) is 14.1. The van der Waals surface area contributed by atoms with Gasteiger partial charge in [0.1, 0.15) is 0 Å². The van der Waals surface area contributed by atoms with E-state index in [2.05, 4.69) is 27.4 Å². The van der Waals surface area contributed by atoms with Crippen molar-refractivity contribution in [2.45, 2.75) is 30.8 Å². The number of fused-ring (bicyclic) bond motifs is 3. The van der Waals surface area contributed by atoms with Gasteiger partial charge in [0, 0.05) is 24.8 Å². The van der Waals surface area contributed by atoms with Gasteiger partial charge in [0.2, 0.25) is 17.6 Å². The molecule has 10 heteroatoms. The fraction of sp³-hybridized carbons (Fsp3) is 0.174. The molecule has 2 N–H and O–H groups in total. The molecule has 0 bridgehead atoms. The van der Waals surface area contributed by atoms with Crippen molar-refractivity contribution in [3.8, 4) is 0 Å². The van der Waals surface area contributed by atoms with Crippen LogP contribution in [0.1, 0.15) is 13.8 Å². The van der Waals surface area contributed by atoms with Crippen LogP contribution < -0.4 is 16.2 Å². The minimum absolute atomic E-state index is 0.164. The summed E-state index contributed by atoms with van der Waals surface area (Å²) < 4.78 is 3.30. The Balaban J connectivity index is 1.61. The van der Waals surface area contributed by atoms with E-state index in [4.69, 9.17) is 0 Å². The lowest BCUT2D eigenvalue weighted by molar-refractivity contribution is -0.115. The molecule has 2 aromatic heterocycles. The number of nitrogens with zero attached hydrogens (tertiary/aromatic N) is 4. The number of hydrogen-bond acceptors (Lipinski definition) is 6. The number of amides is 2. The van der Waals surface area contributed by atoms with Gasteiger partial charge in [-0.05, 0) is 43.3 Å². The zero-order chi connectivity index (χ0) is 23.5. The number of hydrogen-bond donors (Lipinski definition) is 2. The van der Waals surface area contributed by atoms with Crippen LogP contribution in [0.5, 0.6) is 0 Å². The van der Waals surface area contributed by atoms with Gasteiger partial charge in [-0.2, -0.15) is 0 Å². The fourth-order valence-corrected chi connectivity index (χ4v) is 4.25. The van der Waals surface area contributed by atoms with Crippen molar-refractivity contribution >= 4 is 51.6 Å². The Hall–Kier alpha value is -3.92. The molecule has 2 aromatic carbocycles. The van der Waals surface area contributed by atoms with Crippen molar-refractivity contribution in [1.29, 1.82) is 0 Å². The molecular weight excluding hydrogens is 440 g/mol. The minimum Gasteiger partial charge on any atom is -0.326 e. The minimum atomic E-state index is -0.494. The maximum atomic E-state index is 12.9. The average Bonchev–Trinajstić information content (AvgIpc) is 3.21. The number of thioether (sulfide) groups is 1. The zero-order valence-electron chi connectivity index (χ0n) is 18.1. The number of allylic oxidation sites excluding steroid dienone is 1. The second kappa shape index (κ2) is 9.29. The molecule has 9 nitrogen and oxygen atoms in total. The molecule has 0 saturated carbocycles. The van der Waals surface area contributed by atoms with Gasteiger partial charge in [-0.15, -0.1) is 16.8 Å². The van der Waals surface area contributed by atoms with Gasteiger partial charge in [0.05, 0.1) is 16.2 Å². The summed E-state index contributed by atoms with van der Waals surface area (Å²) >= 11 is 1.25. The van der Waals surface area contributed by atoms with Crippen LogP contribution in [-0.2, 0) is 16.1 Å². The molecule has 0 aliphatic carbocycles. The molecule has 0 aliphatic rings. The molecule has 168 valence electrons. The summed E-state index contributed by atoms with van der Waals surface area (Å²) in [6.45, 7) is 7.22. The SMILES string of the molecule is C=CCn1c(=O)c2ccccc2n2c(S[C@H](C)C(=O)Nc3ccc(NC(C)=O)cc3)nnc12. The van der Waals surface area contributed by atoms with Gasteiger partial charge >= 0.3 is 0 Å². The van der Waals surface area contributed by atoms with Crippen LogP contribution in [0, 0.1) is 0 Å². The van der Waals surface area contributed by atoms with Crippen LogP contribution in [0.25, 0.3) is 16.7 Å². The second-order valence-electron chi connectivity index (χ2n) is 7.35. The first kappa shape index (κ1) is 22.3. The normalized spacial score (nSPS) is 11.9. The maximum Gasteiger partial charge on any atom is 0.263 e. The number of anilines is 2. The predicted octanol–water partition coefficient (Wildman–Crippen LogP) is 3.31. The van der Waals surface area contributed by atoms with Crippen LogP contribution in [-0.4, -0.2) is 36.2 Å². The number of nitrogens with one attached hydrogen (secondary N) is 2. The summed E-state index contributed by atoms with van der Waals surface area (Å²) in [4.78, 5) is 36.8. The Kier molecular flexibility index (Phi) is 6.27. The van der Waals surface area contributed by atoms with Gasteiger partial charge in [-0.3, -0.25) is 23.4 Å². The Morgan fingerprint density at radius 1 is 1.09 bits per heavy atom. The van der Waals surface area contributed by atoms with E-state index < -0.39 is 5.25 Å². The van der Waals surface area contributed by atoms with Crippen LogP contribution >= 0.6 is 11.8 Å². The zero-order valence-corrected chi connectivity index (χ0v) is 18.9. The van der Waals surface area contributed by atoms with E-state index in [1.165, 1.54) is 23.3 Å². The second-order valence-corrected chi connectivity index (χ2v) is 8.66. The van der Waals surface area contributed by atoms with Crippen molar-refractivity contribution in [1.82, 2.24) is 19.2 Å². The average molecular weight is 463 g/mol. The van der Waals surface area contributed by atoms with Gasteiger partial charge < -0.3 is 10.6 Å². The summed E-state index contributed by atoms with van der Waals surface area (Å²) in [6.07, 6.45) is 1.63. The third kappa shape index (κ3) is 4.51. The molecule has 0 fully saturated rings. The van der Waals surface area contributed by atoms with Crippen molar-refractivity contribution in [2.75, 3.05) is 10.6 Å². The highest BCUT2D eigenvalue weighted by molar-refractivity contribution is 8.00. The van der Waals surface area contributed by atoms with E-state index in [1.807, 2.05) is 12.1 Å². The first-order valence-electron chi connectivity index (χ1n) is 10.2. The number of benzene rings is 2. The molecular formula is C23H22N6O3S. The number of carbonyl (C=O) groups is 2. The van der Waals surface area contributed by atoms with E-state index in [0.717, 1.165) is 0 Å². The summed E-state index contributed by atoms with van der Waals surface area (Å²) in [5.41, 5.74) is 1.76. The number of aromatic nitrogens is 4. The van der Waals surface area contributed by atoms with Crippen LogP contribution in [0.3, 0.4) is 0 Å². The lowest BCUT2D eigenvalue weighted by Crippen LogP contribution is -2.24. The molecule has 0 radical (unpaired) electrons. The van der Waals surface area contributed by atoms with E-state index in [1.54, 1.807) is 53.8 Å². The highest BCUT2D eigenvalue weighted by Gasteiger charge is 2.21. The Morgan fingerprint density at radius 3 is 2.42 bits per heavy atom. The Bertz CT molecular complexity index is 1420. The molecule has 4 rings (SSSR count). The fourth-order valence-electron chi connectivity index (χ4n) is 3.40. The Labute approximate surface area is 193 Å². The molecule has 0 aliphatic heterocycles. The van der Waals surface area contributed by atoms with Gasteiger partial charge in [-0.25, -0.2) is 0 Å². The third-order valence-corrected chi connectivity index (χ3v) is 5.96. The van der Waals surface area contributed by atoms with E-state index in [0.29, 0.717) is 39.8 Å². The van der Waals surface area contributed by atoms with Crippen molar-refractivity contribution in [2.24, 2.45) is 0 Å².